The number of hydrogen-bond donors (Lipinski definition) is 3. The van der Waals surface area contributed by atoms with Gasteiger partial charge in [0.05, 0.1) is 0 Å². The summed E-state index contributed by atoms with van der Waals surface area (Å²) in [5.74, 6) is 0. The molecule has 1 aliphatic rings. The molecule has 1 fully saturated rings. The molecule has 1 rings (SSSR count). The molecule has 2 unspecified atom stereocenters. The number of rotatable bonds is 1. The second-order valence-corrected chi connectivity index (χ2v) is 5.24. The van der Waals surface area contributed by atoms with Gasteiger partial charge in [0.1, 0.15) is 5.60 Å². The minimum atomic E-state index is -0.461. The Morgan fingerprint density at radius 3 is 2.62 bits per heavy atom. The van der Waals surface area contributed by atoms with E-state index in [4.69, 9.17) is 10.5 Å². The highest BCUT2D eigenvalue weighted by Crippen LogP contribution is 2.09. The van der Waals surface area contributed by atoms with Gasteiger partial charge in [-0.3, -0.25) is 0 Å². The predicted molar refractivity (Wildman–Crippen MR) is 63.2 cm³/mol. The first-order valence-electron chi connectivity index (χ1n) is 5.84. The maximum atomic E-state index is 11.6. The van der Waals surface area contributed by atoms with E-state index in [0.717, 1.165) is 25.9 Å². The molecule has 0 spiro atoms. The van der Waals surface area contributed by atoms with Crippen molar-refractivity contribution in [1.29, 1.82) is 0 Å². The van der Waals surface area contributed by atoms with Crippen molar-refractivity contribution in [2.24, 2.45) is 5.73 Å². The average molecular weight is 229 g/mol. The summed E-state index contributed by atoms with van der Waals surface area (Å²) in [6.45, 7) is 7.34. The van der Waals surface area contributed by atoms with Gasteiger partial charge in [0.2, 0.25) is 0 Å². The number of amides is 1. The Hall–Kier alpha value is -0.810. The fourth-order valence-corrected chi connectivity index (χ4v) is 1.70. The van der Waals surface area contributed by atoms with Gasteiger partial charge in [0.25, 0.3) is 0 Å². The first-order chi connectivity index (χ1) is 7.38. The third-order valence-corrected chi connectivity index (χ3v) is 2.51. The molecule has 94 valence electrons. The number of nitrogens with one attached hydrogen (secondary N) is 2. The second-order valence-electron chi connectivity index (χ2n) is 5.24. The van der Waals surface area contributed by atoms with Gasteiger partial charge in [0, 0.05) is 12.1 Å². The van der Waals surface area contributed by atoms with E-state index < -0.39 is 5.60 Å². The van der Waals surface area contributed by atoms with Crippen LogP contribution in [-0.4, -0.2) is 36.9 Å². The van der Waals surface area contributed by atoms with E-state index in [1.807, 2.05) is 20.8 Å². The first-order valence-corrected chi connectivity index (χ1v) is 5.84. The summed E-state index contributed by atoms with van der Waals surface area (Å²) in [4.78, 5) is 11.6. The van der Waals surface area contributed by atoms with Crippen molar-refractivity contribution in [2.45, 2.75) is 51.3 Å². The van der Waals surface area contributed by atoms with Gasteiger partial charge in [-0.15, -0.1) is 0 Å². The van der Waals surface area contributed by atoms with Crippen LogP contribution in [-0.2, 0) is 4.74 Å². The first kappa shape index (κ1) is 13.3. The van der Waals surface area contributed by atoms with Gasteiger partial charge >= 0.3 is 6.09 Å². The van der Waals surface area contributed by atoms with Crippen LogP contribution in [0.1, 0.15) is 33.6 Å². The zero-order chi connectivity index (χ0) is 12.2. The monoisotopic (exact) mass is 229 g/mol. The molecule has 2 atom stereocenters. The van der Waals surface area contributed by atoms with Crippen LogP contribution in [0.15, 0.2) is 0 Å². The van der Waals surface area contributed by atoms with Gasteiger partial charge in [-0.1, -0.05) is 0 Å². The summed E-state index contributed by atoms with van der Waals surface area (Å²) in [6.07, 6.45) is 1.34. The summed E-state index contributed by atoms with van der Waals surface area (Å²) in [7, 11) is 0. The topological polar surface area (TPSA) is 76.4 Å². The summed E-state index contributed by atoms with van der Waals surface area (Å²) < 4.78 is 5.20. The Bertz CT molecular complexity index is 238. The lowest BCUT2D eigenvalue weighted by Gasteiger charge is -2.25. The van der Waals surface area contributed by atoms with Crippen molar-refractivity contribution in [2.75, 3.05) is 13.1 Å². The van der Waals surface area contributed by atoms with Gasteiger partial charge in [-0.25, -0.2) is 4.79 Å². The number of alkyl carbamates (subject to hydrolysis) is 1. The fourth-order valence-electron chi connectivity index (χ4n) is 1.70. The Labute approximate surface area is 97.1 Å². The number of ether oxygens (including phenoxy) is 1. The summed E-state index contributed by atoms with van der Waals surface area (Å²) in [5, 5.41) is 6.10. The zero-order valence-electron chi connectivity index (χ0n) is 10.4. The highest BCUT2D eigenvalue weighted by molar-refractivity contribution is 5.68. The van der Waals surface area contributed by atoms with Crippen LogP contribution in [0.4, 0.5) is 4.79 Å². The van der Waals surface area contributed by atoms with Crippen LogP contribution >= 0.6 is 0 Å². The molecular formula is C11H23N3O2. The molecule has 1 amide bonds. The van der Waals surface area contributed by atoms with Crippen molar-refractivity contribution in [3.8, 4) is 0 Å². The summed E-state index contributed by atoms with van der Waals surface area (Å²) >= 11 is 0. The zero-order valence-corrected chi connectivity index (χ0v) is 10.4. The predicted octanol–water partition coefficient (Wildman–Crippen LogP) is 0.590. The molecule has 0 saturated carbocycles. The molecule has 1 saturated heterocycles. The third kappa shape index (κ3) is 4.81. The molecule has 0 aromatic carbocycles. The van der Waals surface area contributed by atoms with Crippen molar-refractivity contribution in [3.05, 3.63) is 0 Å². The molecule has 0 bridgehead atoms. The number of carbonyl (C=O) groups is 1. The Morgan fingerprint density at radius 1 is 1.38 bits per heavy atom. The van der Waals surface area contributed by atoms with Gasteiger partial charge in [-0.05, 0) is 46.7 Å². The minimum absolute atomic E-state index is 0.00233. The molecular weight excluding hydrogens is 206 g/mol. The Balaban J connectivity index is 2.42. The standard InChI is InChI=1S/C11H23N3O2/c1-11(2,3)16-10(15)14-9-5-7-13-6-4-8(9)12/h8-9,13H,4-7,12H2,1-3H3,(H,14,15). The second kappa shape index (κ2) is 5.50. The van der Waals surface area contributed by atoms with Crippen LogP contribution in [0.25, 0.3) is 0 Å². The lowest BCUT2D eigenvalue weighted by Crippen LogP contribution is -2.48. The molecule has 0 aliphatic carbocycles. The molecule has 1 aliphatic heterocycles. The van der Waals surface area contributed by atoms with Crippen LogP contribution in [0.5, 0.6) is 0 Å². The Morgan fingerprint density at radius 2 is 2.00 bits per heavy atom. The van der Waals surface area contributed by atoms with Crippen molar-refractivity contribution < 1.29 is 9.53 Å². The molecule has 5 heteroatoms. The largest absolute Gasteiger partial charge is 0.444 e. The SMILES string of the molecule is CC(C)(C)OC(=O)NC1CCNCCC1N. The summed E-state index contributed by atoms with van der Waals surface area (Å²) in [6, 6.07) is 0.00682. The quantitative estimate of drug-likeness (QED) is 0.615. The number of nitrogens with two attached hydrogens (primary N) is 1. The third-order valence-electron chi connectivity index (χ3n) is 2.51. The minimum Gasteiger partial charge on any atom is -0.444 e. The molecule has 0 aromatic rings. The van der Waals surface area contributed by atoms with Gasteiger partial charge < -0.3 is 21.1 Å². The highest BCUT2D eigenvalue weighted by atomic mass is 16.6. The van der Waals surface area contributed by atoms with Crippen LogP contribution in [0.3, 0.4) is 0 Å². The molecule has 0 radical (unpaired) electrons. The van der Waals surface area contributed by atoms with Crippen molar-refractivity contribution >= 4 is 6.09 Å². The smallest absolute Gasteiger partial charge is 0.407 e. The van der Waals surface area contributed by atoms with E-state index >= 15 is 0 Å². The normalized spacial score (nSPS) is 27.0. The number of carbonyl (C=O) groups excluding carboxylic acids is 1. The maximum Gasteiger partial charge on any atom is 0.407 e. The lowest BCUT2D eigenvalue weighted by atomic mass is 10.0. The van der Waals surface area contributed by atoms with Crippen molar-refractivity contribution in [1.82, 2.24) is 10.6 Å². The fraction of sp³-hybridized carbons (Fsp3) is 0.909. The molecule has 5 nitrogen and oxygen atoms in total. The van der Waals surface area contributed by atoms with E-state index in [1.54, 1.807) is 0 Å². The molecule has 1 heterocycles. The van der Waals surface area contributed by atoms with Gasteiger partial charge in [0.15, 0.2) is 0 Å². The highest BCUT2D eigenvalue weighted by Gasteiger charge is 2.24. The van der Waals surface area contributed by atoms with Crippen LogP contribution in [0, 0.1) is 0 Å². The van der Waals surface area contributed by atoms with E-state index in [2.05, 4.69) is 10.6 Å². The molecule has 0 aromatic heterocycles. The van der Waals surface area contributed by atoms with Crippen LogP contribution < -0.4 is 16.4 Å². The van der Waals surface area contributed by atoms with E-state index in [0.29, 0.717) is 0 Å². The maximum absolute atomic E-state index is 11.6. The average Bonchev–Trinajstić information content (AvgIpc) is 2.29. The van der Waals surface area contributed by atoms with E-state index in [1.165, 1.54) is 0 Å². The molecule has 16 heavy (non-hydrogen) atoms. The van der Waals surface area contributed by atoms with Crippen LogP contribution in [0.2, 0.25) is 0 Å². The van der Waals surface area contributed by atoms with E-state index in [9.17, 15) is 4.79 Å². The molecule has 4 N–H and O–H groups in total. The lowest BCUT2D eigenvalue weighted by molar-refractivity contribution is 0.0495. The number of hydrogen-bond acceptors (Lipinski definition) is 4. The van der Waals surface area contributed by atoms with E-state index in [-0.39, 0.29) is 18.2 Å². The Kier molecular flexibility index (Phi) is 4.56. The van der Waals surface area contributed by atoms with Crippen molar-refractivity contribution in [3.63, 3.8) is 0 Å². The van der Waals surface area contributed by atoms with Gasteiger partial charge in [-0.2, -0.15) is 0 Å². The summed E-state index contributed by atoms with van der Waals surface area (Å²) in [5.41, 5.74) is 5.52.